The molecule has 0 bridgehead atoms. The van der Waals surface area contributed by atoms with Crippen molar-refractivity contribution < 1.29 is 21.6 Å². The quantitative estimate of drug-likeness (QED) is 0.419. The molecule has 0 fully saturated rings. The van der Waals surface area contributed by atoms with E-state index in [0.717, 1.165) is 10.9 Å². The summed E-state index contributed by atoms with van der Waals surface area (Å²) in [6.45, 7) is -0.0742. The van der Waals surface area contributed by atoms with Gasteiger partial charge in [-0.2, -0.15) is 18.3 Å². The molecule has 0 atom stereocenters. The first-order chi connectivity index (χ1) is 15.1. The van der Waals surface area contributed by atoms with Crippen molar-refractivity contribution in [3.63, 3.8) is 0 Å². The van der Waals surface area contributed by atoms with Crippen LogP contribution in [0.5, 0.6) is 0 Å². The molecule has 0 aliphatic carbocycles. The van der Waals surface area contributed by atoms with Crippen LogP contribution in [0.2, 0.25) is 0 Å². The summed E-state index contributed by atoms with van der Waals surface area (Å²) >= 11 is 0. The standard InChI is InChI=1S/C23H18F3N3O2S/c1-32(30,31)19-9-7-18(8-10-19)21-20(17-11-13-27-14-12-17)22(23(24,25)26)29(28-21)15-16-5-3-2-4-6-16/h2-14H,15H2,1H3. The van der Waals surface area contributed by atoms with Crippen molar-refractivity contribution in [2.75, 3.05) is 6.26 Å². The molecule has 0 N–H and O–H groups in total. The van der Waals surface area contributed by atoms with Crippen molar-refractivity contribution in [3.05, 3.63) is 90.4 Å². The molecule has 0 saturated heterocycles. The number of aromatic nitrogens is 3. The van der Waals surface area contributed by atoms with Gasteiger partial charge in [-0.3, -0.25) is 9.67 Å². The predicted molar refractivity (Wildman–Crippen MR) is 115 cm³/mol. The van der Waals surface area contributed by atoms with Crippen LogP contribution < -0.4 is 0 Å². The van der Waals surface area contributed by atoms with E-state index in [1.54, 1.807) is 30.3 Å². The number of halogens is 3. The molecule has 2 aromatic carbocycles. The maximum atomic E-state index is 14.3. The molecule has 0 amide bonds. The summed E-state index contributed by atoms with van der Waals surface area (Å²) in [6.07, 6.45) is -0.771. The van der Waals surface area contributed by atoms with E-state index in [0.29, 0.717) is 16.7 Å². The van der Waals surface area contributed by atoms with Crippen LogP contribution >= 0.6 is 0 Å². The van der Waals surface area contributed by atoms with Crippen molar-refractivity contribution in [2.45, 2.75) is 17.6 Å². The summed E-state index contributed by atoms with van der Waals surface area (Å²) in [5, 5.41) is 4.34. The number of pyridine rings is 1. The number of rotatable bonds is 5. The van der Waals surface area contributed by atoms with Gasteiger partial charge in [0.05, 0.1) is 11.4 Å². The average molecular weight is 457 g/mol. The Bertz CT molecular complexity index is 1330. The minimum Gasteiger partial charge on any atom is -0.265 e. The van der Waals surface area contributed by atoms with Gasteiger partial charge in [0.25, 0.3) is 0 Å². The zero-order valence-corrected chi connectivity index (χ0v) is 17.7. The first-order valence-corrected chi connectivity index (χ1v) is 11.5. The first kappa shape index (κ1) is 21.8. The third-order valence-electron chi connectivity index (χ3n) is 4.92. The Balaban J connectivity index is 1.96. The third kappa shape index (κ3) is 4.43. The molecule has 4 rings (SSSR count). The summed E-state index contributed by atoms with van der Waals surface area (Å²) in [4.78, 5) is 3.98. The molecule has 0 saturated carbocycles. The molecule has 2 aromatic heterocycles. The predicted octanol–water partition coefficient (Wildman–Crippen LogP) is 5.08. The monoisotopic (exact) mass is 457 g/mol. The number of sulfone groups is 1. The molecule has 4 aromatic rings. The lowest BCUT2D eigenvalue weighted by Gasteiger charge is -2.13. The van der Waals surface area contributed by atoms with Crippen LogP contribution in [0.15, 0.2) is 84.0 Å². The van der Waals surface area contributed by atoms with Crippen LogP contribution in [0.25, 0.3) is 22.4 Å². The van der Waals surface area contributed by atoms with Gasteiger partial charge in [0.15, 0.2) is 15.5 Å². The lowest BCUT2D eigenvalue weighted by atomic mass is 9.99. The average Bonchev–Trinajstić information content (AvgIpc) is 3.14. The van der Waals surface area contributed by atoms with E-state index >= 15 is 0 Å². The lowest BCUT2D eigenvalue weighted by Crippen LogP contribution is -2.16. The molecule has 0 radical (unpaired) electrons. The Morgan fingerprint density at radius 3 is 2.06 bits per heavy atom. The highest BCUT2D eigenvalue weighted by Crippen LogP contribution is 2.42. The summed E-state index contributed by atoms with van der Waals surface area (Å²) in [6, 6.07) is 17.4. The Labute approximate surface area is 183 Å². The molecule has 164 valence electrons. The first-order valence-electron chi connectivity index (χ1n) is 9.57. The molecule has 0 unspecified atom stereocenters. The van der Waals surface area contributed by atoms with E-state index in [1.807, 2.05) is 0 Å². The van der Waals surface area contributed by atoms with Crippen molar-refractivity contribution in [1.29, 1.82) is 0 Å². The maximum Gasteiger partial charge on any atom is 0.433 e. The van der Waals surface area contributed by atoms with E-state index in [9.17, 15) is 21.6 Å². The topological polar surface area (TPSA) is 64.8 Å². The number of nitrogens with zero attached hydrogens (tertiary/aromatic N) is 3. The fourth-order valence-corrected chi connectivity index (χ4v) is 4.11. The van der Waals surface area contributed by atoms with Crippen LogP contribution in [0.1, 0.15) is 11.3 Å². The Morgan fingerprint density at radius 2 is 1.50 bits per heavy atom. The summed E-state index contributed by atoms with van der Waals surface area (Å²) in [7, 11) is -3.44. The van der Waals surface area contributed by atoms with E-state index in [1.165, 1.54) is 48.8 Å². The van der Waals surface area contributed by atoms with Gasteiger partial charge < -0.3 is 0 Å². The highest BCUT2D eigenvalue weighted by Gasteiger charge is 2.40. The highest BCUT2D eigenvalue weighted by molar-refractivity contribution is 7.90. The van der Waals surface area contributed by atoms with Gasteiger partial charge in [0, 0.05) is 29.8 Å². The van der Waals surface area contributed by atoms with E-state index in [4.69, 9.17) is 0 Å². The number of benzene rings is 2. The van der Waals surface area contributed by atoms with Gasteiger partial charge in [-0.1, -0.05) is 42.5 Å². The maximum absolute atomic E-state index is 14.3. The van der Waals surface area contributed by atoms with Gasteiger partial charge in [0.1, 0.15) is 5.69 Å². The second-order valence-corrected chi connectivity index (χ2v) is 9.26. The van der Waals surface area contributed by atoms with E-state index in [-0.39, 0.29) is 22.7 Å². The smallest absolute Gasteiger partial charge is 0.265 e. The minimum atomic E-state index is -4.68. The molecular weight excluding hydrogens is 439 g/mol. The molecule has 2 heterocycles. The van der Waals surface area contributed by atoms with Crippen molar-refractivity contribution in [2.24, 2.45) is 0 Å². The van der Waals surface area contributed by atoms with Gasteiger partial charge in [0.2, 0.25) is 0 Å². The van der Waals surface area contributed by atoms with Crippen molar-refractivity contribution in [3.8, 4) is 22.4 Å². The molecule has 0 aliphatic heterocycles. The number of hydrogen-bond donors (Lipinski definition) is 0. The van der Waals surface area contributed by atoms with Crippen molar-refractivity contribution >= 4 is 9.84 Å². The number of alkyl halides is 3. The minimum absolute atomic E-state index is 0.0742. The van der Waals surface area contributed by atoms with Crippen LogP contribution in [-0.2, 0) is 22.6 Å². The molecular formula is C23H18F3N3O2S. The zero-order chi connectivity index (χ0) is 22.9. The summed E-state index contributed by atoms with van der Waals surface area (Å²) in [5.41, 5.74) is 0.508. The molecule has 32 heavy (non-hydrogen) atoms. The highest BCUT2D eigenvalue weighted by atomic mass is 32.2. The third-order valence-corrected chi connectivity index (χ3v) is 6.05. The molecule has 9 heteroatoms. The van der Waals surface area contributed by atoms with E-state index < -0.39 is 21.7 Å². The van der Waals surface area contributed by atoms with Crippen LogP contribution in [-0.4, -0.2) is 29.4 Å². The van der Waals surface area contributed by atoms with Gasteiger partial charge in [-0.15, -0.1) is 0 Å². The van der Waals surface area contributed by atoms with Crippen LogP contribution in [0, 0.1) is 0 Å². The summed E-state index contributed by atoms with van der Waals surface area (Å²) < 4.78 is 67.4. The van der Waals surface area contributed by atoms with Gasteiger partial charge in [-0.25, -0.2) is 8.42 Å². The summed E-state index contributed by atoms with van der Waals surface area (Å²) in [5.74, 6) is 0. The van der Waals surface area contributed by atoms with Crippen LogP contribution in [0.3, 0.4) is 0 Å². The fourth-order valence-electron chi connectivity index (χ4n) is 3.47. The second-order valence-electron chi connectivity index (χ2n) is 7.25. The Morgan fingerprint density at radius 1 is 0.875 bits per heavy atom. The van der Waals surface area contributed by atoms with E-state index in [2.05, 4.69) is 10.1 Å². The second kappa shape index (κ2) is 8.23. The largest absolute Gasteiger partial charge is 0.433 e. The molecule has 0 spiro atoms. The Kier molecular flexibility index (Phi) is 5.60. The molecule has 5 nitrogen and oxygen atoms in total. The van der Waals surface area contributed by atoms with Crippen molar-refractivity contribution in [1.82, 2.24) is 14.8 Å². The number of hydrogen-bond acceptors (Lipinski definition) is 4. The van der Waals surface area contributed by atoms with Gasteiger partial charge >= 0.3 is 6.18 Å². The molecule has 0 aliphatic rings. The SMILES string of the molecule is CS(=O)(=O)c1ccc(-c2nn(Cc3ccccc3)c(C(F)(F)F)c2-c2ccncc2)cc1. The Hall–Kier alpha value is -3.46. The fraction of sp³-hybridized carbons (Fsp3) is 0.130. The normalized spacial score (nSPS) is 12.1. The van der Waals surface area contributed by atoms with Crippen LogP contribution in [0.4, 0.5) is 13.2 Å². The zero-order valence-electron chi connectivity index (χ0n) is 16.9. The van der Waals surface area contributed by atoms with Gasteiger partial charge in [-0.05, 0) is 35.4 Å². The lowest BCUT2D eigenvalue weighted by molar-refractivity contribution is -0.143.